The Labute approximate surface area is 140 Å². The summed E-state index contributed by atoms with van der Waals surface area (Å²) >= 11 is 0. The highest BCUT2D eigenvalue weighted by molar-refractivity contribution is 5.96. The Morgan fingerprint density at radius 3 is 2.50 bits per heavy atom. The summed E-state index contributed by atoms with van der Waals surface area (Å²) < 4.78 is 5.65. The minimum atomic E-state index is -1.04. The van der Waals surface area contributed by atoms with Gasteiger partial charge in [-0.15, -0.1) is 0 Å². The number of hydrogen-bond acceptors (Lipinski definition) is 4. The number of nitrogens with zero attached hydrogens (tertiary/aromatic N) is 1. The Morgan fingerprint density at radius 2 is 1.88 bits per heavy atom. The molecular formula is C18H20N2O4. The summed E-state index contributed by atoms with van der Waals surface area (Å²) in [4.78, 5) is 27.5. The molecule has 0 saturated carbocycles. The maximum absolute atomic E-state index is 12.3. The first-order chi connectivity index (χ1) is 11.5. The van der Waals surface area contributed by atoms with Crippen LogP contribution in [0.25, 0.3) is 0 Å². The Bertz CT molecular complexity index is 701. The predicted molar refractivity (Wildman–Crippen MR) is 89.1 cm³/mol. The maximum atomic E-state index is 12.3. The molecule has 0 unspecified atom stereocenters. The molecule has 2 N–H and O–H groups in total. The van der Waals surface area contributed by atoms with E-state index in [9.17, 15) is 14.7 Å². The molecule has 1 amide bonds. The molecule has 6 nitrogen and oxygen atoms in total. The molecule has 1 heterocycles. The average Bonchev–Trinajstić information content (AvgIpc) is 2.55. The topological polar surface area (TPSA) is 88.5 Å². The van der Waals surface area contributed by atoms with Gasteiger partial charge in [-0.25, -0.2) is 4.79 Å². The first-order valence-electron chi connectivity index (χ1n) is 7.67. The molecule has 1 aromatic heterocycles. The first-order valence-corrected chi connectivity index (χ1v) is 7.67. The molecule has 0 aliphatic heterocycles. The summed E-state index contributed by atoms with van der Waals surface area (Å²) in [6, 6.07) is 9.09. The number of benzene rings is 1. The molecule has 0 aliphatic carbocycles. The van der Waals surface area contributed by atoms with Crippen molar-refractivity contribution in [3.63, 3.8) is 0 Å². The second kappa shape index (κ2) is 8.10. The molecule has 24 heavy (non-hydrogen) atoms. The fourth-order valence-corrected chi connectivity index (χ4v) is 2.18. The minimum Gasteiger partial charge on any atom is -0.480 e. The monoisotopic (exact) mass is 328 g/mol. The van der Waals surface area contributed by atoms with Gasteiger partial charge >= 0.3 is 5.97 Å². The Balaban J connectivity index is 2.09. The molecule has 0 radical (unpaired) electrons. The lowest BCUT2D eigenvalue weighted by atomic mass is 10.0. The van der Waals surface area contributed by atoms with Gasteiger partial charge in [0.25, 0.3) is 5.91 Å². The van der Waals surface area contributed by atoms with Crippen molar-refractivity contribution in [3.8, 4) is 11.5 Å². The van der Waals surface area contributed by atoms with E-state index >= 15 is 0 Å². The molecule has 2 aromatic rings. The van der Waals surface area contributed by atoms with Crippen LogP contribution in [-0.4, -0.2) is 28.0 Å². The summed E-state index contributed by atoms with van der Waals surface area (Å²) in [6.07, 6.45) is 3.58. The molecule has 0 saturated heterocycles. The van der Waals surface area contributed by atoms with Crippen LogP contribution in [-0.2, 0) is 4.79 Å². The van der Waals surface area contributed by atoms with Gasteiger partial charge in [0.05, 0.1) is 0 Å². The summed E-state index contributed by atoms with van der Waals surface area (Å²) in [6.45, 7) is 3.82. The van der Waals surface area contributed by atoms with E-state index in [2.05, 4.69) is 10.3 Å². The molecule has 0 aliphatic rings. The molecular weight excluding hydrogens is 308 g/mol. The number of hydrogen-bond donors (Lipinski definition) is 2. The zero-order valence-corrected chi connectivity index (χ0v) is 13.6. The molecule has 126 valence electrons. The first kappa shape index (κ1) is 17.5. The third-order valence-corrected chi connectivity index (χ3v) is 3.29. The fraction of sp³-hybridized carbons (Fsp3) is 0.278. The number of rotatable bonds is 7. The van der Waals surface area contributed by atoms with Gasteiger partial charge < -0.3 is 15.2 Å². The van der Waals surface area contributed by atoms with Crippen molar-refractivity contribution in [2.75, 3.05) is 0 Å². The van der Waals surface area contributed by atoms with E-state index in [-0.39, 0.29) is 5.92 Å². The summed E-state index contributed by atoms with van der Waals surface area (Å²) in [5, 5.41) is 11.8. The quantitative estimate of drug-likeness (QED) is 0.815. The molecule has 0 spiro atoms. The second-order valence-electron chi connectivity index (χ2n) is 5.81. The van der Waals surface area contributed by atoms with Gasteiger partial charge in [-0.3, -0.25) is 9.78 Å². The van der Waals surface area contributed by atoms with Gasteiger partial charge in [-0.05, 0) is 42.7 Å². The summed E-state index contributed by atoms with van der Waals surface area (Å²) in [5.41, 5.74) is 0.344. The molecule has 0 bridgehead atoms. The number of carbonyl (C=O) groups is 2. The standard InChI is InChI=1S/C18H20N2O4/c1-12(2)10-16(18(22)23)20-17(21)13-4-3-5-15(11-13)24-14-6-8-19-9-7-14/h3-9,11-12,16H,10H2,1-2H3,(H,20,21)(H,22,23)/t16-/m0/s1. The van der Waals surface area contributed by atoms with E-state index < -0.39 is 17.9 Å². The van der Waals surface area contributed by atoms with Crippen LogP contribution in [0.2, 0.25) is 0 Å². The molecule has 1 aromatic carbocycles. The van der Waals surface area contributed by atoms with Crippen LogP contribution in [0.1, 0.15) is 30.6 Å². The lowest BCUT2D eigenvalue weighted by Crippen LogP contribution is -2.41. The van der Waals surface area contributed by atoms with Crippen molar-refractivity contribution >= 4 is 11.9 Å². The van der Waals surface area contributed by atoms with Gasteiger partial charge in [-0.2, -0.15) is 0 Å². The average molecular weight is 328 g/mol. The van der Waals surface area contributed by atoms with Crippen LogP contribution in [0.4, 0.5) is 0 Å². The zero-order valence-electron chi connectivity index (χ0n) is 13.6. The number of amides is 1. The minimum absolute atomic E-state index is 0.160. The highest BCUT2D eigenvalue weighted by Crippen LogP contribution is 2.21. The molecule has 6 heteroatoms. The van der Waals surface area contributed by atoms with Crippen molar-refractivity contribution in [2.45, 2.75) is 26.3 Å². The number of carboxylic acids is 1. The molecule has 0 fully saturated rings. The van der Waals surface area contributed by atoms with Crippen molar-refractivity contribution in [3.05, 3.63) is 54.4 Å². The van der Waals surface area contributed by atoms with Gasteiger partial charge in [-0.1, -0.05) is 19.9 Å². The number of pyridine rings is 1. The Morgan fingerprint density at radius 1 is 1.17 bits per heavy atom. The van der Waals surface area contributed by atoms with Crippen LogP contribution in [0.5, 0.6) is 11.5 Å². The van der Waals surface area contributed by atoms with Gasteiger partial charge in [0.1, 0.15) is 17.5 Å². The number of aromatic nitrogens is 1. The van der Waals surface area contributed by atoms with Crippen molar-refractivity contribution in [1.29, 1.82) is 0 Å². The number of carbonyl (C=O) groups excluding carboxylic acids is 1. The van der Waals surface area contributed by atoms with Crippen molar-refractivity contribution in [2.24, 2.45) is 5.92 Å². The third-order valence-electron chi connectivity index (χ3n) is 3.29. The van der Waals surface area contributed by atoms with Crippen molar-refractivity contribution in [1.82, 2.24) is 10.3 Å². The number of aliphatic carboxylic acids is 1. The van der Waals surface area contributed by atoms with Crippen LogP contribution in [0, 0.1) is 5.92 Å². The second-order valence-corrected chi connectivity index (χ2v) is 5.81. The maximum Gasteiger partial charge on any atom is 0.326 e. The fourth-order valence-electron chi connectivity index (χ4n) is 2.18. The number of nitrogens with one attached hydrogen (secondary N) is 1. The Hall–Kier alpha value is -2.89. The van der Waals surface area contributed by atoms with E-state index in [4.69, 9.17) is 4.74 Å². The highest BCUT2D eigenvalue weighted by Gasteiger charge is 2.21. The summed E-state index contributed by atoms with van der Waals surface area (Å²) in [7, 11) is 0. The van der Waals surface area contributed by atoms with E-state index in [1.165, 1.54) is 0 Å². The predicted octanol–water partition coefficient (Wildman–Crippen LogP) is 3.10. The normalized spacial score (nSPS) is 11.8. The van der Waals surface area contributed by atoms with E-state index in [1.807, 2.05) is 13.8 Å². The van der Waals surface area contributed by atoms with Crippen molar-refractivity contribution < 1.29 is 19.4 Å². The zero-order chi connectivity index (χ0) is 17.5. The number of ether oxygens (including phenoxy) is 1. The lowest BCUT2D eigenvalue weighted by Gasteiger charge is -2.16. The van der Waals surface area contributed by atoms with E-state index in [0.717, 1.165) is 0 Å². The van der Waals surface area contributed by atoms with Crippen LogP contribution in [0.3, 0.4) is 0 Å². The SMILES string of the molecule is CC(C)C[C@H](NC(=O)c1cccc(Oc2ccncc2)c1)C(=O)O. The smallest absolute Gasteiger partial charge is 0.326 e. The van der Waals surface area contributed by atoms with Gasteiger partial charge in [0.2, 0.25) is 0 Å². The van der Waals surface area contributed by atoms with Gasteiger partial charge in [0, 0.05) is 18.0 Å². The van der Waals surface area contributed by atoms with Crippen LogP contribution < -0.4 is 10.1 Å². The lowest BCUT2D eigenvalue weighted by molar-refractivity contribution is -0.139. The number of carboxylic acid groups (broad SMARTS) is 1. The largest absolute Gasteiger partial charge is 0.480 e. The van der Waals surface area contributed by atoms with E-state index in [1.54, 1.807) is 48.8 Å². The highest BCUT2D eigenvalue weighted by atomic mass is 16.5. The van der Waals surface area contributed by atoms with Crippen LogP contribution >= 0.6 is 0 Å². The third kappa shape index (κ3) is 5.08. The van der Waals surface area contributed by atoms with E-state index in [0.29, 0.717) is 23.5 Å². The van der Waals surface area contributed by atoms with Gasteiger partial charge in [0.15, 0.2) is 0 Å². The Kier molecular flexibility index (Phi) is 5.89. The molecule has 1 atom stereocenters. The summed E-state index contributed by atoms with van der Waals surface area (Å²) in [5.74, 6) is -0.229. The van der Waals surface area contributed by atoms with Crippen LogP contribution in [0.15, 0.2) is 48.8 Å². The molecule has 2 rings (SSSR count).